The molecular weight excluding hydrogens is 409 g/mol. The van der Waals surface area contributed by atoms with E-state index in [1.54, 1.807) is 12.1 Å². The van der Waals surface area contributed by atoms with E-state index < -0.39 is 12.3 Å². The van der Waals surface area contributed by atoms with Crippen LogP contribution in [0.3, 0.4) is 0 Å². The SMILES string of the molecule is O=C(NCc1ccc(OC(F)(F)F)cc1)c1cc2ccccc2cc1NC(=O)C1CC1. The van der Waals surface area contributed by atoms with Crippen LogP contribution >= 0.6 is 0 Å². The van der Waals surface area contributed by atoms with Gasteiger partial charge in [0, 0.05) is 12.5 Å². The second-order valence-electron chi connectivity index (χ2n) is 7.38. The largest absolute Gasteiger partial charge is 0.573 e. The predicted molar refractivity (Wildman–Crippen MR) is 110 cm³/mol. The van der Waals surface area contributed by atoms with Crippen LogP contribution in [-0.2, 0) is 11.3 Å². The first-order valence-corrected chi connectivity index (χ1v) is 9.75. The zero-order valence-corrected chi connectivity index (χ0v) is 16.3. The fourth-order valence-corrected chi connectivity index (χ4v) is 3.20. The standard InChI is InChI=1S/C23H19F3N2O3/c24-23(25,26)31-18-9-5-14(6-10-18)13-27-22(30)19-11-16-3-1-2-4-17(16)12-20(19)28-21(29)15-7-8-15/h1-6,9-12,15H,7-8,13H2,(H,27,30)(H,28,29). The number of rotatable bonds is 6. The van der Waals surface area contributed by atoms with Gasteiger partial charge in [0.25, 0.3) is 5.91 Å². The molecule has 5 nitrogen and oxygen atoms in total. The number of hydrogen-bond acceptors (Lipinski definition) is 3. The Morgan fingerprint density at radius 3 is 2.23 bits per heavy atom. The van der Waals surface area contributed by atoms with Gasteiger partial charge in [-0.1, -0.05) is 36.4 Å². The highest BCUT2D eigenvalue weighted by atomic mass is 19.4. The molecule has 0 atom stereocenters. The molecule has 0 spiro atoms. The molecule has 0 saturated heterocycles. The number of carbonyl (C=O) groups is 2. The Kier molecular flexibility index (Phi) is 5.54. The zero-order valence-electron chi connectivity index (χ0n) is 16.3. The first-order valence-electron chi connectivity index (χ1n) is 9.75. The van der Waals surface area contributed by atoms with Crippen LogP contribution in [0.15, 0.2) is 60.7 Å². The van der Waals surface area contributed by atoms with E-state index in [-0.39, 0.29) is 24.1 Å². The summed E-state index contributed by atoms with van der Waals surface area (Å²) in [5, 5.41) is 7.35. The molecule has 1 aliphatic rings. The Balaban J connectivity index is 1.50. The monoisotopic (exact) mass is 428 g/mol. The third-order valence-corrected chi connectivity index (χ3v) is 4.95. The first kappa shape index (κ1) is 20.7. The van der Waals surface area contributed by atoms with Crippen LogP contribution in [0, 0.1) is 5.92 Å². The van der Waals surface area contributed by atoms with Crippen molar-refractivity contribution < 1.29 is 27.5 Å². The minimum absolute atomic E-state index is 0.0141. The molecule has 1 fully saturated rings. The summed E-state index contributed by atoms with van der Waals surface area (Å²) < 4.78 is 40.6. The number of halogens is 3. The average Bonchev–Trinajstić information content (AvgIpc) is 3.57. The maximum atomic E-state index is 12.9. The molecule has 2 amide bonds. The summed E-state index contributed by atoms with van der Waals surface area (Å²) in [6.07, 6.45) is -3.07. The molecule has 160 valence electrons. The van der Waals surface area contributed by atoms with Crippen molar-refractivity contribution >= 4 is 28.3 Å². The van der Waals surface area contributed by atoms with Gasteiger partial charge >= 0.3 is 6.36 Å². The van der Waals surface area contributed by atoms with E-state index in [0.717, 1.165) is 23.6 Å². The van der Waals surface area contributed by atoms with Crippen LogP contribution in [0.1, 0.15) is 28.8 Å². The van der Waals surface area contributed by atoms with Gasteiger partial charge in [-0.2, -0.15) is 0 Å². The smallest absolute Gasteiger partial charge is 0.406 e. The van der Waals surface area contributed by atoms with E-state index in [1.165, 1.54) is 24.3 Å². The lowest BCUT2D eigenvalue weighted by Gasteiger charge is -2.14. The van der Waals surface area contributed by atoms with Crippen LogP contribution in [0.25, 0.3) is 10.8 Å². The molecule has 31 heavy (non-hydrogen) atoms. The van der Waals surface area contributed by atoms with Crippen LogP contribution in [0.5, 0.6) is 5.75 Å². The van der Waals surface area contributed by atoms with Gasteiger partial charge in [0.1, 0.15) is 5.75 Å². The van der Waals surface area contributed by atoms with Crippen molar-refractivity contribution in [3.63, 3.8) is 0 Å². The van der Waals surface area contributed by atoms with Gasteiger partial charge in [-0.15, -0.1) is 13.2 Å². The molecule has 8 heteroatoms. The van der Waals surface area contributed by atoms with E-state index in [4.69, 9.17) is 0 Å². The van der Waals surface area contributed by atoms with Crippen LogP contribution < -0.4 is 15.4 Å². The summed E-state index contributed by atoms with van der Waals surface area (Å²) in [6.45, 7) is 0.105. The molecular formula is C23H19F3N2O3. The van der Waals surface area contributed by atoms with Crippen molar-refractivity contribution in [2.45, 2.75) is 25.7 Å². The number of hydrogen-bond donors (Lipinski definition) is 2. The van der Waals surface area contributed by atoms with Crippen molar-refractivity contribution in [2.75, 3.05) is 5.32 Å². The Hall–Kier alpha value is -3.55. The first-order chi connectivity index (χ1) is 14.8. The minimum Gasteiger partial charge on any atom is -0.406 e. The molecule has 0 heterocycles. The van der Waals surface area contributed by atoms with Gasteiger partial charge in [0.05, 0.1) is 11.3 Å². The quantitative estimate of drug-likeness (QED) is 0.580. The summed E-state index contributed by atoms with van der Waals surface area (Å²) in [6, 6.07) is 16.2. The highest BCUT2D eigenvalue weighted by Gasteiger charge is 2.31. The average molecular weight is 428 g/mol. The Bertz CT molecular complexity index is 1120. The van der Waals surface area contributed by atoms with Gasteiger partial charge in [0.2, 0.25) is 5.91 Å². The van der Waals surface area contributed by atoms with Crippen molar-refractivity contribution in [1.82, 2.24) is 5.32 Å². The molecule has 2 N–H and O–H groups in total. The van der Waals surface area contributed by atoms with Crippen LogP contribution in [-0.4, -0.2) is 18.2 Å². The summed E-state index contributed by atoms with van der Waals surface area (Å²) in [7, 11) is 0. The number of benzene rings is 3. The summed E-state index contributed by atoms with van der Waals surface area (Å²) in [4.78, 5) is 25.1. The number of carbonyl (C=O) groups excluding carboxylic acids is 2. The molecule has 0 aliphatic heterocycles. The van der Waals surface area contributed by atoms with Gasteiger partial charge in [0.15, 0.2) is 0 Å². The second-order valence-corrected chi connectivity index (χ2v) is 7.38. The topological polar surface area (TPSA) is 67.4 Å². The molecule has 1 saturated carbocycles. The van der Waals surface area contributed by atoms with Crippen molar-refractivity contribution in [3.8, 4) is 5.75 Å². The van der Waals surface area contributed by atoms with E-state index in [1.807, 2.05) is 24.3 Å². The predicted octanol–water partition coefficient (Wildman–Crippen LogP) is 5.02. The zero-order chi connectivity index (χ0) is 22.0. The molecule has 0 unspecified atom stereocenters. The number of alkyl halides is 3. The lowest BCUT2D eigenvalue weighted by atomic mass is 10.0. The van der Waals surface area contributed by atoms with Crippen molar-refractivity contribution in [3.05, 3.63) is 71.8 Å². The Morgan fingerprint density at radius 2 is 1.61 bits per heavy atom. The number of anilines is 1. The van der Waals surface area contributed by atoms with Crippen LogP contribution in [0.2, 0.25) is 0 Å². The van der Waals surface area contributed by atoms with E-state index in [2.05, 4.69) is 15.4 Å². The molecule has 0 bridgehead atoms. The van der Waals surface area contributed by atoms with E-state index in [9.17, 15) is 22.8 Å². The maximum Gasteiger partial charge on any atom is 0.573 e. The van der Waals surface area contributed by atoms with E-state index in [0.29, 0.717) is 16.8 Å². The lowest BCUT2D eigenvalue weighted by Crippen LogP contribution is -2.25. The van der Waals surface area contributed by atoms with Gasteiger partial charge < -0.3 is 15.4 Å². The third-order valence-electron chi connectivity index (χ3n) is 4.95. The molecule has 4 rings (SSSR count). The second kappa shape index (κ2) is 8.29. The number of fused-ring (bicyclic) bond motifs is 1. The Labute approximate surface area is 176 Å². The van der Waals surface area contributed by atoms with Crippen LogP contribution in [0.4, 0.5) is 18.9 Å². The number of ether oxygens (including phenoxy) is 1. The molecule has 0 radical (unpaired) electrons. The van der Waals surface area contributed by atoms with Gasteiger partial charge in [-0.25, -0.2) is 0 Å². The van der Waals surface area contributed by atoms with E-state index >= 15 is 0 Å². The Morgan fingerprint density at radius 1 is 0.968 bits per heavy atom. The highest BCUT2D eigenvalue weighted by molar-refractivity contribution is 6.08. The van der Waals surface area contributed by atoms with Crippen molar-refractivity contribution in [1.29, 1.82) is 0 Å². The lowest BCUT2D eigenvalue weighted by molar-refractivity contribution is -0.274. The number of amides is 2. The maximum absolute atomic E-state index is 12.9. The van der Waals surface area contributed by atoms with Gasteiger partial charge in [-0.3, -0.25) is 9.59 Å². The molecule has 3 aromatic carbocycles. The minimum atomic E-state index is -4.76. The molecule has 0 aromatic heterocycles. The fraction of sp³-hybridized carbons (Fsp3) is 0.217. The van der Waals surface area contributed by atoms with Gasteiger partial charge in [-0.05, 0) is 53.4 Å². The summed E-state index contributed by atoms with van der Waals surface area (Å²) >= 11 is 0. The summed E-state index contributed by atoms with van der Waals surface area (Å²) in [5.74, 6) is -0.848. The number of nitrogens with one attached hydrogen (secondary N) is 2. The summed E-state index contributed by atoms with van der Waals surface area (Å²) in [5.41, 5.74) is 1.36. The highest BCUT2D eigenvalue weighted by Crippen LogP contribution is 2.32. The fourth-order valence-electron chi connectivity index (χ4n) is 3.20. The normalized spacial score (nSPS) is 13.6. The third kappa shape index (κ3) is 5.33. The molecule has 3 aromatic rings. The van der Waals surface area contributed by atoms with Crippen molar-refractivity contribution in [2.24, 2.45) is 5.92 Å². The molecule has 1 aliphatic carbocycles.